The van der Waals surface area contributed by atoms with Crippen molar-refractivity contribution in [1.82, 2.24) is 0 Å². The highest BCUT2D eigenvalue weighted by atomic mass is 19.4. The first-order valence-electron chi connectivity index (χ1n) is 9.17. The smallest absolute Gasteiger partial charge is 0.261 e. The molecule has 1 aliphatic carbocycles. The lowest BCUT2D eigenvalue weighted by Gasteiger charge is -2.20. The highest BCUT2D eigenvalue weighted by Gasteiger charge is 2.37. The molecule has 1 nitrogen and oxygen atoms in total. The van der Waals surface area contributed by atoms with Crippen LogP contribution in [0.25, 0.3) is 5.57 Å². The van der Waals surface area contributed by atoms with E-state index in [0.29, 0.717) is 24.8 Å². The maximum Gasteiger partial charge on any atom is 0.414 e. The molecule has 0 aromatic heterocycles. The Bertz CT molecular complexity index is 781. The molecular weight excluding hydrogens is 335 g/mol. The molecule has 1 aliphatic heterocycles. The average Bonchev–Trinajstić information content (AvgIpc) is 2.64. The summed E-state index contributed by atoms with van der Waals surface area (Å²) in [6.07, 6.45) is 3.21. The van der Waals surface area contributed by atoms with Gasteiger partial charge in [-0.3, -0.25) is 4.99 Å². The first-order chi connectivity index (χ1) is 12.4. The topological polar surface area (TPSA) is 12.4 Å². The fourth-order valence-corrected chi connectivity index (χ4v) is 3.66. The molecule has 0 N–H and O–H groups in total. The molecule has 1 aromatic carbocycles. The van der Waals surface area contributed by atoms with Crippen LogP contribution < -0.4 is 0 Å². The number of halogens is 3. The van der Waals surface area contributed by atoms with Gasteiger partial charge in [-0.05, 0) is 79.2 Å². The molecular formula is C22H24F3N. The standard InChI is InChI=1S/C22H24F3N/c1-15(18-12-11-17-6-3-4-7-19(17)14-18)9-10-16(2)21-20(22(23,24)25)8-5-13-26-21/h11-14H,1-10H2. The minimum atomic E-state index is -4.34. The van der Waals surface area contributed by atoms with Crippen LogP contribution in [0.3, 0.4) is 0 Å². The zero-order valence-corrected chi connectivity index (χ0v) is 15.0. The second kappa shape index (κ2) is 7.65. The van der Waals surface area contributed by atoms with Gasteiger partial charge in [-0.2, -0.15) is 13.2 Å². The number of alkyl halides is 3. The molecule has 3 rings (SSSR count). The average molecular weight is 359 g/mol. The van der Waals surface area contributed by atoms with E-state index in [0.717, 1.165) is 24.0 Å². The summed E-state index contributed by atoms with van der Waals surface area (Å²) in [5, 5.41) is 0. The second-order valence-corrected chi connectivity index (χ2v) is 7.07. The largest absolute Gasteiger partial charge is 0.414 e. The number of fused-ring (bicyclic) bond motifs is 1. The molecule has 4 heteroatoms. The van der Waals surface area contributed by atoms with E-state index in [-0.39, 0.29) is 12.1 Å². The lowest BCUT2D eigenvalue weighted by molar-refractivity contribution is -0.0947. The van der Waals surface area contributed by atoms with Gasteiger partial charge >= 0.3 is 6.18 Å². The quantitative estimate of drug-likeness (QED) is 0.562. The highest BCUT2D eigenvalue weighted by Crippen LogP contribution is 2.37. The van der Waals surface area contributed by atoms with Crippen LogP contribution in [-0.2, 0) is 12.8 Å². The van der Waals surface area contributed by atoms with Crippen LogP contribution in [0, 0.1) is 0 Å². The van der Waals surface area contributed by atoms with Crippen molar-refractivity contribution in [1.29, 1.82) is 0 Å². The van der Waals surface area contributed by atoms with Crippen molar-refractivity contribution < 1.29 is 13.2 Å². The maximum atomic E-state index is 13.2. The Morgan fingerprint density at radius 3 is 2.38 bits per heavy atom. The third-order valence-corrected chi connectivity index (χ3v) is 5.19. The Labute approximate surface area is 153 Å². The van der Waals surface area contributed by atoms with Gasteiger partial charge in [-0.25, -0.2) is 0 Å². The van der Waals surface area contributed by atoms with E-state index in [2.05, 4.69) is 36.3 Å². The van der Waals surface area contributed by atoms with Crippen LogP contribution in [0.5, 0.6) is 0 Å². The lowest BCUT2D eigenvalue weighted by Crippen LogP contribution is -2.17. The number of aliphatic imine (C=N–C) groups is 1. The van der Waals surface area contributed by atoms with Crippen molar-refractivity contribution in [3.05, 3.63) is 64.9 Å². The number of benzene rings is 1. The van der Waals surface area contributed by atoms with Crippen LogP contribution in [-0.4, -0.2) is 12.4 Å². The van der Waals surface area contributed by atoms with E-state index in [1.54, 1.807) is 6.21 Å². The van der Waals surface area contributed by atoms with Crippen LogP contribution in [0.15, 0.2) is 53.2 Å². The number of hydrogen-bond acceptors (Lipinski definition) is 1. The molecule has 0 saturated heterocycles. The fraction of sp³-hybridized carbons (Fsp3) is 0.409. The van der Waals surface area contributed by atoms with Crippen LogP contribution in [0.4, 0.5) is 13.2 Å². The minimum absolute atomic E-state index is 0.0157. The van der Waals surface area contributed by atoms with Crippen molar-refractivity contribution >= 4 is 11.8 Å². The Morgan fingerprint density at radius 1 is 0.962 bits per heavy atom. The molecule has 0 saturated carbocycles. The summed E-state index contributed by atoms with van der Waals surface area (Å²) in [4.78, 5) is 3.99. The Balaban J connectivity index is 1.68. The van der Waals surface area contributed by atoms with Gasteiger partial charge in [0, 0.05) is 6.21 Å². The maximum absolute atomic E-state index is 13.2. The van der Waals surface area contributed by atoms with Gasteiger partial charge in [0.25, 0.3) is 0 Å². The van der Waals surface area contributed by atoms with Crippen LogP contribution in [0.2, 0.25) is 0 Å². The molecule has 1 aromatic rings. The summed E-state index contributed by atoms with van der Waals surface area (Å²) in [6, 6.07) is 6.44. The molecule has 0 spiro atoms. The molecule has 138 valence electrons. The zero-order chi connectivity index (χ0) is 18.7. The van der Waals surface area contributed by atoms with Gasteiger partial charge in [0.2, 0.25) is 0 Å². The summed E-state index contributed by atoms with van der Waals surface area (Å²) in [6.45, 7) is 8.01. The number of hydrogen-bond donors (Lipinski definition) is 0. The first kappa shape index (κ1) is 18.7. The first-order valence-corrected chi connectivity index (χ1v) is 9.17. The van der Waals surface area contributed by atoms with Crippen molar-refractivity contribution in [2.45, 2.75) is 57.5 Å². The molecule has 0 fully saturated rings. The molecule has 0 bridgehead atoms. The molecule has 1 heterocycles. The van der Waals surface area contributed by atoms with Gasteiger partial charge in [0.15, 0.2) is 0 Å². The Morgan fingerprint density at radius 2 is 1.65 bits per heavy atom. The summed E-state index contributed by atoms with van der Waals surface area (Å²) in [7, 11) is 0. The molecule has 0 atom stereocenters. The van der Waals surface area contributed by atoms with Gasteiger partial charge in [-0.1, -0.05) is 31.4 Å². The monoisotopic (exact) mass is 359 g/mol. The number of nitrogens with zero attached hydrogens (tertiary/aromatic N) is 1. The third kappa shape index (κ3) is 4.17. The summed E-state index contributed by atoms with van der Waals surface area (Å²) in [5.41, 5.74) is 4.71. The normalized spacial score (nSPS) is 17.2. The van der Waals surface area contributed by atoms with E-state index in [1.165, 1.54) is 24.0 Å². The van der Waals surface area contributed by atoms with E-state index in [9.17, 15) is 13.2 Å². The van der Waals surface area contributed by atoms with Crippen LogP contribution in [0.1, 0.15) is 55.2 Å². The lowest BCUT2D eigenvalue weighted by atomic mass is 9.88. The number of rotatable bonds is 5. The van der Waals surface area contributed by atoms with Crippen molar-refractivity contribution in [2.75, 3.05) is 0 Å². The van der Waals surface area contributed by atoms with Gasteiger partial charge in [0.1, 0.15) is 0 Å². The Hall–Kier alpha value is -2.10. The number of aryl methyl sites for hydroxylation is 2. The predicted octanol–water partition coefficient (Wildman–Crippen LogP) is 6.60. The van der Waals surface area contributed by atoms with Crippen molar-refractivity contribution in [3.63, 3.8) is 0 Å². The SMILES string of the molecule is C=C(CCC(=C)c1ccc2c(c1)CCCC2)C1=C(C(F)(F)F)CCC=N1. The predicted molar refractivity (Wildman–Crippen MR) is 101 cm³/mol. The Kier molecular flexibility index (Phi) is 5.49. The third-order valence-electron chi connectivity index (χ3n) is 5.19. The van der Waals surface area contributed by atoms with Crippen LogP contribution >= 0.6 is 0 Å². The molecule has 2 aliphatic rings. The summed E-state index contributed by atoms with van der Waals surface area (Å²) < 4.78 is 39.6. The van der Waals surface area contributed by atoms with E-state index < -0.39 is 11.7 Å². The van der Waals surface area contributed by atoms with E-state index in [1.807, 2.05) is 0 Å². The second-order valence-electron chi connectivity index (χ2n) is 7.07. The zero-order valence-electron chi connectivity index (χ0n) is 15.0. The molecule has 26 heavy (non-hydrogen) atoms. The highest BCUT2D eigenvalue weighted by molar-refractivity contribution is 5.66. The van der Waals surface area contributed by atoms with Gasteiger partial charge in [0.05, 0.1) is 11.3 Å². The molecule has 0 amide bonds. The minimum Gasteiger partial charge on any atom is -0.261 e. The van der Waals surface area contributed by atoms with Gasteiger partial charge < -0.3 is 0 Å². The number of allylic oxidation sites excluding steroid dienone is 3. The van der Waals surface area contributed by atoms with E-state index >= 15 is 0 Å². The van der Waals surface area contributed by atoms with E-state index in [4.69, 9.17) is 0 Å². The van der Waals surface area contributed by atoms with Crippen molar-refractivity contribution in [2.24, 2.45) is 4.99 Å². The summed E-state index contributed by atoms with van der Waals surface area (Å²) in [5.74, 6) is 0. The fourth-order valence-electron chi connectivity index (χ4n) is 3.66. The van der Waals surface area contributed by atoms with Crippen molar-refractivity contribution in [3.8, 4) is 0 Å². The van der Waals surface area contributed by atoms with Gasteiger partial charge in [-0.15, -0.1) is 0 Å². The molecule has 0 unspecified atom stereocenters. The summed E-state index contributed by atoms with van der Waals surface area (Å²) >= 11 is 0. The molecule has 0 radical (unpaired) electrons.